The number of rotatable bonds is 7. The molecule has 0 aromatic heterocycles. The zero-order valence-corrected chi connectivity index (χ0v) is 26.5. The zero-order chi connectivity index (χ0) is 28.4. The van der Waals surface area contributed by atoms with E-state index in [0.29, 0.717) is 17.7 Å². The van der Waals surface area contributed by atoms with Gasteiger partial charge in [0.1, 0.15) is 0 Å². The predicted octanol–water partition coefficient (Wildman–Crippen LogP) is 5.18. The van der Waals surface area contributed by atoms with Crippen LogP contribution in [0.5, 0.6) is 0 Å². The SMILES string of the molecule is CC(C)(O)[C@@H](O)CC[C@@](C)(O)[C@H]1CC[C@](C)([C@H]2CC[C@H]3O[C@@H]([C@]4(C)CC[C@@H](Br)C(C)(C)O4)CC[C@]3(C)O2)O1. The highest BCUT2D eigenvalue weighted by Crippen LogP contribution is 2.50. The minimum Gasteiger partial charge on any atom is -0.390 e. The summed E-state index contributed by atoms with van der Waals surface area (Å²) < 4.78 is 26.8. The quantitative estimate of drug-likeness (QED) is 0.344. The lowest BCUT2D eigenvalue weighted by Crippen LogP contribution is -2.63. The molecule has 0 bridgehead atoms. The number of fused-ring (bicyclic) bond motifs is 1. The number of hydrogen-bond donors (Lipinski definition) is 3. The summed E-state index contributed by atoms with van der Waals surface area (Å²) >= 11 is 3.80. The highest BCUT2D eigenvalue weighted by molar-refractivity contribution is 9.09. The van der Waals surface area contributed by atoms with Gasteiger partial charge in [0, 0.05) is 4.83 Å². The molecule has 8 heteroatoms. The van der Waals surface area contributed by atoms with Crippen molar-refractivity contribution in [3.05, 3.63) is 0 Å². The zero-order valence-electron chi connectivity index (χ0n) is 24.9. The highest BCUT2D eigenvalue weighted by Gasteiger charge is 2.57. The van der Waals surface area contributed by atoms with Crippen molar-refractivity contribution in [2.24, 2.45) is 0 Å². The summed E-state index contributed by atoms with van der Waals surface area (Å²) in [5.74, 6) is 0. The number of hydrogen-bond acceptors (Lipinski definition) is 7. The van der Waals surface area contributed by atoms with Gasteiger partial charge in [-0.1, -0.05) is 15.9 Å². The Morgan fingerprint density at radius 2 is 1.34 bits per heavy atom. The molecule has 3 N–H and O–H groups in total. The molecule has 7 nitrogen and oxygen atoms in total. The van der Waals surface area contributed by atoms with Gasteiger partial charge in [-0.3, -0.25) is 0 Å². The fourth-order valence-corrected chi connectivity index (χ4v) is 7.57. The van der Waals surface area contributed by atoms with E-state index in [0.717, 1.165) is 51.4 Å². The Hall–Kier alpha value is 0.200. The number of aliphatic hydroxyl groups excluding tert-OH is 1. The standard InChI is InChI=1S/C30H53BrO7/c1-25(2,33)20(32)12-15-27(5,34)21-13-17-29(7,36-21)24-10-9-22-28(6,37-24)18-14-23(35-22)30(8)16-11-19(31)26(3,4)38-30/h19-24,32-34H,9-18H2,1-8H3/t19-,20+,21-,22-,23-,24-,27-,28+,29-,30+/m1/s1. The van der Waals surface area contributed by atoms with Crippen molar-refractivity contribution in [2.45, 2.75) is 189 Å². The van der Waals surface area contributed by atoms with Gasteiger partial charge < -0.3 is 34.3 Å². The molecule has 0 aromatic carbocycles. The molecular formula is C30H53BrO7. The van der Waals surface area contributed by atoms with E-state index in [4.69, 9.17) is 18.9 Å². The second-order valence-electron chi connectivity index (χ2n) is 14.7. The van der Waals surface area contributed by atoms with Crippen LogP contribution in [-0.2, 0) is 18.9 Å². The summed E-state index contributed by atoms with van der Waals surface area (Å²) in [7, 11) is 0. The topological polar surface area (TPSA) is 97.6 Å². The van der Waals surface area contributed by atoms with Crippen molar-refractivity contribution < 1.29 is 34.3 Å². The highest BCUT2D eigenvalue weighted by atomic mass is 79.9. The summed E-state index contributed by atoms with van der Waals surface area (Å²) in [5.41, 5.74) is -3.68. The fourth-order valence-electron chi connectivity index (χ4n) is 7.24. The van der Waals surface area contributed by atoms with Crippen molar-refractivity contribution >= 4 is 15.9 Å². The third-order valence-corrected chi connectivity index (χ3v) is 11.8. The maximum atomic E-state index is 11.2. The summed E-state index contributed by atoms with van der Waals surface area (Å²) in [6, 6.07) is 0. The second kappa shape index (κ2) is 10.5. The van der Waals surface area contributed by atoms with E-state index in [1.54, 1.807) is 20.8 Å². The van der Waals surface area contributed by atoms with Gasteiger partial charge in [0.2, 0.25) is 0 Å². The molecule has 0 spiro atoms. The van der Waals surface area contributed by atoms with Gasteiger partial charge in [-0.2, -0.15) is 0 Å². The molecule has 0 aliphatic carbocycles. The molecule has 0 unspecified atom stereocenters. The van der Waals surface area contributed by atoms with Crippen LogP contribution in [0.25, 0.3) is 0 Å². The Kier molecular flexibility index (Phi) is 8.59. The maximum absolute atomic E-state index is 11.2. The van der Waals surface area contributed by atoms with Gasteiger partial charge in [0.05, 0.1) is 64.1 Å². The van der Waals surface area contributed by atoms with Crippen LogP contribution in [0, 0.1) is 0 Å². The van der Waals surface area contributed by atoms with Gasteiger partial charge in [-0.25, -0.2) is 0 Å². The normalized spacial score (nSPS) is 46.3. The van der Waals surface area contributed by atoms with Crippen LogP contribution in [0.1, 0.15) is 120 Å². The molecule has 10 atom stereocenters. The maximum Gasteiger partial charge on any atom is 0.0923 e. The monoisotopic (exact) mass is 604 g/mol. The van der Waals surface area contributed by atoms with Crippen LogP contribution in [0.4, 0.5) is 0 Å². The summed E-state index contributed by atoms with van der Waals surface area (Å²) in [6.45, 7) is 15.8. The van der Waals surface area contributed by atoms with Crippen molar-refractivity contribution in [3.63, 3.8) is 0 Å². The predicted molar refractivity (Wildman–Crippen MR) is 151 cm³/mol. The average molecular weight is 606 g/mol. The third-order valence-electron chi connectivity index (χ3n) is 10.3. The number of aliphatic hydroxyl groups is 3. The number of ether oxygens (including phenoxy) is 4. The van der Waals surface area contributed by atoms with Crippen LogP contribution in [0.3, 0.4) is 0 Å². The molecule has 0 saturated carbocycles. The van der Waals surface area contributed by atoms with Gasteiger partial charge >= 0.3 is 0 Å². The second-order valence-corrected chi connectivity index (χ2v) is 15.8. The lowest BCUT2D eigenvalue weighted by atomic mass is 9.75. The smallest absolute Gasteiger partial charge is 0.0923 e. The summed E-state index contributed by atoms with van der Waals surface area (Å²) in [5, 5.41) is 31.5. The van der Waals surface area contributed by atoms with Crippen LogP contribution in [0.2, 0.25) is 0 Å². The molecule has 4 aliphatic heterocycles. The molecule has 4 saturated heterocycles. The lowest BCUT2D eigenvalue weighted by Gasteiger charge is -2.56. The molecule has 0 aromatic rings. The van der Waals surface area contributed by atoms with Crippen molar-refractivity contribution in [1.82, 2.24) is 0 Å². The third kappa shape index (κ3) is 6.18. The van der Waals surface area contributed by atoms with Gasteiger partial charge in [0.15, 0.2) is 0 Å². The molecule has 4 rings (SSSR count). The molecule has 222 valence electrons. The van der Waals surface area contributed by atoms with E-state index >= 15 is 0 Å². The minimum atomic E-state index is -1.20. The van der Waals surface area contributed by atoms with Gasteiger partial charge in [-0.15, -0.1) is 0 Å². The molecule has 0 amide bonds. The molecule has 0 radical (unpaired) electrons. The van der Waals surface area contributed by atoms with Crippen LogP contribution < -0.4 is 0 Å². The van der Waals surface area contributed by atoms with E-state index in [9.17, 15) is 15.3 Å². The fraction of sp³-hybridized carbons (Fsp3) is 1.00. The molecule has 4 fully saturated rings. The largest absolute Gasteiger partial charge is 0.390 e. The minimum absolute atomic E-state index is 0.0231. The Labute approximate surface area is 238 Å². The van der Waals surface area contributed by atoms with Crippen LogP contribution in [-0.4, -0.2) is 84.3 Å². The Morgan fingerprint density at radius 1 is 0.789 bits per heavy atom. The first-order valence-corrected chi connectivity index (χ1v) is 15.7. The molecular weight excluding hydrogens is 552 g/mol. The van der Waals surface area contributed by atoms with E-state index in [-0.39, 0.29) is 41.2 Å². The molecule has 38 heavy (non-hydrogen) atoms. The Morgan fingerprint density at radius 3 is 1.97 bits per heavy atom. The number of alkyl halides is 1. The first-order valence-electron chi connectivity index (χ1n) is 14.8. The first kappa shape index (κ1) is 31.1. The van der Waals surface area contributed by atoms with E-state index in [2.05, 4.69) is 50.5 Å². The van der Waals surface area contributed by atoms with Crippen molar-refractivity contribution in [1.29, 1.82) is 0 Å². The summed E-state index contributed by atoms with van der Waals surface area (Å²) in [6.07, 6.45) is 6.61. The van der Waals surface area contributed by atoms with Gasteiger partial charge in [0.25, 0.3) is 0 Å². The number of halogens is 1. The summed E-state index contributed by atoms with van der Waals surface area (Å²) in [4.78, 5) is 0.346. The Bertz CT molecular complexity index is 843. The molecule has 4 heterocycles. The van der Waals surface area contributed by atoms with E-state index in [1.165, 1.54) is 0 Å². The molecule has 4 aliphatic rings. The first-order chi connectivity index (χ1) is 17.3. The van der Waals surface area contributed by atoms with E-state index < -0.39 is 22.9 Å². The van der Waals surface area contributed by atoms with E-state index in [1.807, 2.05) is 0 Å². The van der Waals surface area contributed by atoms with Crippen LogP contribution >= 0.6 is 15.9 Å². The van der Waals surface area contributed by atoms with Gasteiger partial charge in [-0.05, 0) is 120 Å². The Balaban J connectivity index is 1.36. The van der Waals surface area contributed by atoms with Crippen LogP contribution in [0.15, 0.2) is 0 Å². The van der Waals surface area contributed by atoms with Crippen molar-refractivity contribution in [2.75, 3.05) is 0 Å². The lowest BCUT2D eigenvalue weighted by molar-refractivity contribution is -0.304. The average Bonchev–Trinajstić information content (AvgIpc) is 3.22. The van der Waals surface area contributed by atoms with Crippen molar-refractivity contribution in [3.8, 4) is 0 Å².